The molecule has 0 aliphatic heterocycles. The fraction of sp³-hybridized carbons (Fsp3) is 0.185. The maximum Gasteiger partial charge on any atom is 0.408 e. The van der Waals surface area contributed by atoms with Gasteiger partial charge in [-0.2, -0.15) is 5.10 Å². The van der Waals surface area contributed by atoms with Gasteiger partial charge in [0.25, 0.3) is 0 Å². The van der Waals surface area contributed by atoms with E-state index in [2.05, 4.69) is 21.2 Å². The molecule has 36 heavy (non-hydrogen) atoms. The van der Waals surface area contributed by atoms with Crippen molar-refractivity contribution in [1.29, 1.82) is 0 Å². The topological polar surface area (TPSA) is 135 Å². The lowest BCUT2D eigenvalue weighted by atomic mass is 10.0. The third-order valence-corrected chi connectivity index (χ3v) is 5.16. The highest BCUT2D eigenvalue weighted by molar-refractivity contribution is 5.88. The molecular formula is C27H29N5O4. The molecule has 0 aliphatic carbocycles. The number of nitrogens with two attached hydrogens (primary N) is 1. The molecule has 0 aromatic heterocycles. The Morgan fingerprint density at radius 2 is 1.31 bits per heavy atom. The minimum absolute atomic E-state index is 0.0778. The summed E-state index contributed by atoms with van der Waals surface area (Å²) in [5.74, 6) is -0.429. The van der Waals surface area contributed by atoms with Crippen LogP contribution in [0.25, 0.3) is 0 Å². The van der Waals surface area contributed by atoms with Crippen molar-refractivity contribution in [3.05, 3.63) is 108 Å². The van der Waals surface area contributed by atoms with Crippen molar-refractivity contribution in [2.24, 2.45) is 10.8 Å². The van der Waals surface area contributed by atoms with E-state index in [-0.39, 0.29) is 13.0 Å². The molecule has 9 nitrogen and oxygen atoms in total. The molecule has 3 rings (SSSR count). The molecule has 3 aromatic carbocycles. The number of nitrogens with zero attached hydrogens (tertiary/aromatic N) is 1. The zero-order valence-corrected chi connectivity index (χ0v) is 19.7. The number of carbonyl (C=O) groups is 3. The lowest BCUT2D eigenvalue weighted by molar-refractivity contribution is -0.123. The van der Waals surface area contributed by atoms with Gasteiger partial charge < -0.3 is 21.1 Å². The minimum atomic E-state index is -0.911. The molecule has 2 atom stereocenters. The Morgan fingerprint density at radius 3 is 1.86 bits per heavy atom. The number of rotatable bonds is 11. The van der Waals surface area contributed by atoms with Crippen LogP contribution in [0, 0.1) is 0 Å². The highest BCUT2D eigenvalue weighted by Crippen LogP contribution is 2.07. The number of hydrogen-bond donors (Lipinski definition) is 4. The summed E-state index contributed by atoms with van der Waals surface area (Å²) in [7, 11) is 0. The predicted octanol–water partition coefficient (Wildman–Crippen LogP) is 2.91. The Hall–Kier alpha value is -4.66. The molecule has 3 aromatic rings. The number of nitrogens with one attached hydrogen (secondary N) is 3. The van der Waals surface area contributed by atoms with Crippen LogP contribution in [0.5, 0.6) is 0 Å². The number of hydrazone groups is 1. The van der Waals surface area contributed by atoms with Crippen molar-refractivity contribution >= 4 is 24.2 Å². The van der Waals surface area contributed by atoms with E-state index in [1.165, 1.54) is 6.21 Å². The summed E-state index contributed by atoms with van der Waals surface area (Å²) in [6.07, 6.45) is 1.34. The molecule has 0 aliphatic rings. The molecule has 186 valence electrons. The Balaban J connectivity index is 1.71. The fourth-order valence-electron chi connectivity index (χ4n) is 3.45. The van der Waals surface area contributed by atoms with Gasteiger partial charge in [0.2, 0.25) is 5.91 Å². The first-order valence-electron chi connectivity index (χ1n) is 11.4. The summed E-state index contributed by atoms with van der Waals surface area (Å²) >= 11 is 0. The van der Waals surface area contributed by atoms with E-state index in [4.69, 9.17) is 10.5 Å². The van der Waals surface area contributed by atoms with Crippen molar-refractivity contribution in [2.45, 2.75) is 31.5 Å². The van der Waals surface area contributed by atoms with Crippen molar-refractivity contribution in [3.63, 3.8) is 0 Å². The molecule has 5 N–H and O–H groups in total. The second-order valence-electron chi connectivity index (χ2n) is 8.01. The zero-order valence-electron chi connectivity index (χ0n) is 19.7. The van der Waals surface area contributed by atoms with Gasteiger partial charge >= 0.3 is 12.1 Å². The van der Waals surface area contributed by atoms with Crippen LogP contribution in [0.3, 0.4) is 0 Å². The van der Waals surface area contributed by atoms with E-state index in [1.807, 2.05) is 91.0 Å². The van der Waals surface area contributed by atoms with Crippen LogP contribution in [-0.4, -0.2) is 36.3 Å². The number of alkyl carbamates (subject to hydrolysis) is 1. The van der Waals surface area contributed by atoms with Crippen molar-refractivity contribution in [2.75, 3.05) is 0 Å². The lowest BCUT2D eigenvalue weighted by Gasteiger charge is -2.22. The quantitative estimate of drug-likeness (QED) is 0.244. The Kier molecular flexibility index (Phi) is 10.0. The minimum Gasteiger partial charge on any atom is -0.445 e. The lowest BCUT2D eigenvalue weighted by Crippen LogP contribution is -2.51. The van der Waals surface area contributed by atoms with Gasteiger partial charge in [-0.3, -0.25) is 4.79 Å². The first-order chi connectivity index (χ1) is 17.5. The molecule has 0 saturated heterocycles. The second-order valence-corrected chi connectivity index (χ2v) is 8.01. The van der Waals surface area contributed by atoms with Gasteiger partial charge in [0.1, 0.15) is 12.6 Å². The summed E-state index contributed by atoms with van der Waals surface area (Å²) in [5.41, 5.74) is 9.86. The summed E-state index contributed by atoms with van der Waals surface area (Å²) in [6, 6.07) is 25.8. The van der Waals surface area contributed by atoms with E-state index in [1.54, 1.807) is 0 Å². The SMILES string of the molecule is NC(=O)NN=C[C@H](Cc1ccccc1)NC(=O)[C@@H](Cc1ccccc1)NC(=O)OCc1ccccc1. The average Bonchev–Trinajstić information content (AvgIpc) is 2.88. The molecule has 4 amide bonds. The molecule has 9 heteroatoms. The predicted molar refractivity (Wildman–Crippen MR) is 137 cm³/mol. The summed E-state index contributed by atoms with van der Waals surface area (Å²) in [5, 5.41) is 9.37. The number of carbonyl (C=O) groups excluding carboxylic acids is 3. The van der Waals surface area contributed by atoms with Crippen LogP contribution in [-0.2, 0) is 29.0 Å². The van der Waals surface area contributed by atoms with E-state index >= 15 is 0 Å². The van der Waals surface area contributed by atoms with Crippen LogP contribution >= 0.6 is 0 Å². The largest absolute Gasteiger partial charge is 0.445 e. The molecular weight excluding hydrogens is 458 g/mol. The van der Waals surface area contributed by atoms with E-state index in [0.717, 1.165) is 16.7 Å². The van der Waals surface area contributed by atoms with Gasteiger partial charge in [-0.15, -0.1) is 0 Å². The van der Waals surface area contributed by atoms with Crippen molar-refractivity contribution < 1.29 is 19.1 Å². The van der Waals surface area contributed by atoms with Crippen LogP contribution in [0.15, 0.2) is 96.1 Å². The second kappa shape index (κ2) is 13.9. The zero-order chi connectivity index (χ0) is 25.6. The summed E-state index contributed by atoms with van der Waals surface area (Å²) < 4.78 is 5.32. The van der Waals surface area contributed by atoms with Crippen LogP contribution in [0.2, 0.25) is 0 Å². The third-order valence-electron chi connectivity index (χ3n) is 5.16. The summed E-state index contributed by atoms with van der Waals surface area (Å²) in [6.45, 7) is 0.0778. The smallest absolute Gasteiger partial charge is 0.408 e. The molecule has 0 fully saturated rings. The number of ether oxygens (including phenoxy) is 1. The Bertz CT molecular complexity index is 1140. The molecule has 0 heterocycles. The molecule has 0 radical (unpaired) electrons. The first-order valence-corrected chi connectivity index (χ1v) is 11.4. The Labute approximate surface area is 209 Å². The number of urea groups is 1. The van der Waals surface area contributed by atoms with Gasteiger partial charge in [0, 0.05) is 12.6 Å². The monoisotopic (exact) mass is 487 g/mol. The average molecular weight is 488 g/mol. The number of hydrogen-bond acceptors (Lipinski definition) is 5. The van der Waals surface area contributed by atoms with Crippen molar-refractivity contribution in [3.8, 4) is 0 Å². The normalized spacial score (nSPS) is 12.3. The summed E-state index contributed by atoms with van der Waals surface area (Å²) in [4.78, 5) is 36.9. The van der Waals surface area contributed by atoms with E-state index < -0.39 is 30.1 Å². The fourth-order valence-corrected chi connectivity index (χ4v) is 3.45. The van der Waals surface area contributed by atoms with Crippen molar-refractivity contribution in [1.82, 2.24) is 16.1 Å². The number of benzene rings is 3. The maximum absolute atomic E-state index is 13.3. The third kappa shape index (κ3) is 9.30. The number of primary amides is 1. The van der Waals surface area contributed by atoms with Gasteiger partial charge in [0.05, 0.1) is 6.04 Å². The van der Waals surface area contributed by atoms with Crippen LogP contribution in [0.4, 0.5) is 9.59 Å². The number of amides is 4. The first kappa shape index (κ1) is 26.0. The highest BCUT2D eigenvalue weighted by atomic mass is 16.5. The van der Waals surface area contributed by atoms with Gasteiger partial charge in [0.15, 0.2) is 0 Å². The van der Waals surface area contributed by atoms with E-state index in [0.29, 0.717) is 6.42 Å². The Morgan fingerprint density at radius 1 is 0.778 bits per heavy atom. The van der Waals surface area contributed by atoms with Gasteiger partial charge in [-0.05, 0) is 23.1 Å². The molecule has 0 unspecified atom stereocenters. The molecule has 0 saturated carbocycles. The molecule has 0 spiro atoms. The van der Waals surface area contributed by atoms with Gasteiger partial charge in [-0.25, -0.2) is 15.0 Å². The van der Waals surface area contributed by atoms with E-state index in [9.17, 15) is 14.4 Å². The molecule has 0 bridgehead atoms. The standard InChI is InChI=1S/C27H29N5O4/c28-26(34)32-29-18-23(16-20-10-4-1-5-11-20)30-25(33)24(17-21-12-6-2-7-13-21)31-27(35)36-19-22-14-8-3-9-15-22/h1-15,18,23-24H,16-17,19H2,(H,30,33)(H,31,35)(H3,28,32,34)/t23-,24+/m0/s1. The van der Waals surface area contributed by atoms with Crippen LogP contribution < -0.4 is 21.8 Å². The highest BCUT2D eigenvalue weighted by Gasteiger charge is 2.24. The van der Waals surface area contributed by atoms with Crippen LogP contribution in [0.1, 0.15) is 16.7 Å². The van der Waals surface area contributed by atoms with Gasteiger partial charge in [-0.1, -0.05) is 91.0 Å². The maximum atomic E-state index is 13.3.